The fourth-order valence-electron chi connectivity index (χ4n) is 2.34. The van der Waals surface area contributed by atoms with Crippen molar-refractivity contribution in [1.29, 1.82) is 0 Å². The van der Waals surface area contributed by atoms with E-state index in [1.807, 2.05) is 61.5 Å². The Balaban J connectivity index is 1.84. The van der Waals surface area contributed by atoms with E-state index in [-0.39, 0.29) is 0 Å². The molecule has 0 unspecified atom stereocenters. The van der Waals surface area contributed by atoms with E-state index in [1.165, 1.54) is 0 Å². The largest absolute Gasteiger partial charge is 0.497 e. The lowest BCUT2D eigenvalue weighted by atomic mass is 10.1. The molecule has 0 amide bonds. The van der Waals surface area contributed by atoms with Gasteiger partial charge in [0.25, 0.3) is 0 Å². The van der Waals surface area contributed by atoms with Crippen LogP contribution in [0.2, 0.25) is 0 Å². The van der Waals surface area contributed by atoms with Crippen molar-refractivity contribution in [1.82, 2.24) is 9.97 Å². The molecule has 0 bridgehead atoms. The van der Waals surface area contributed by atoms with Gasteiger partial charge >= 0.3 is 0 Å². The van der Waals surface area contributed by atoms with Crippen LogP contribution in [0.4, 0.5) is 5.82 Å². The first kappa shape index (κ1) is 17.4. The van der Waals surface area contributed by atoms with Crippen molar-refractivity contribution >= 4 is 11.5 Å². The van der Waals surface area contributed by atoms with Gasteiger partial charge in [-0.05, 0) is 36.8 Å². The molecule has 1 N–H and O–H groups in total. The van der Waals surface area contributed by atoms with E-state index in [0.29, 0.717) is 17.5 Å². The summed E-state index contributed by atoms with van der Waals surface area (Å²) in [6.07, 6.45) is 0. The Morgan fingerprint density at radius 2 is 1.65 bits per heavy atom. The van der Waals surface area contributed by atoms with E-state index < -0.39 is 0 Å². The van der Waals surface area contributed by atoms with E-state index in [2.05, 4.69) is 20.5 Å². The monoisotopic (exact) mass is 348 g/mol. The quantitative estimate of drug-likeness (QED) is 0.539. The fraction of sp³-hybridized carbons (Fsp3) is 0.150. The highest BCUT2D eigenvalue weighted by Crippen LogP contribution is 2.21. The Morgan fingerprint density at radius 3 is 2.31 bits per heavy atom. The van der Waals surface area contributed by atoms with Gasteiger partial charge < -0.3 is 9.47 Å². The van der Waals surface area contributed by atoms with Crippen LogP contribution in [-0.2, 0) is 0 Å². The van der Waals surface area contributed by atoms with Gasteiger partial charge in [-0.15, -0.1) is 0 Å². The van der Waals surface area contributed by atoms with Crippen molar-refractivity contribution in [3.63, 3.8) is 0 Å². The van der Waals surface area contributed by atoms with Crippen LogP contribution in [0.25, 0.3) is 11.4 Å². The van der Waals surface area contributed by atoms with Crippen LogP contribution >= 0.6 is 0 Å². The van der Waals surface area contributed by atoms with Gasteiger partial charge in [-0.3, -0.25) is 5.43 Å². The summed E-state index contributed by atoms with van der Waals surface area (Å²) >= 11 is 0. The Bertz CT molecular complexity index is 893. The zero-order chi connectivity index (χ0) is 18.4. The number of benzene rings is 2. The molecular weight excluding hydrogens is 328 g/mol. The lowest BCUT2D eigenvalue weighted by Crippen LogP contribution is -2.03. The van der Waals surface area contributed by atoms with E-state index in [0.717, 1.165) is 22.6 Å². The van der Waals surface area contributed by atoms with Gasteiger partial charge in [0.2, 0.25) is 5.88 Å². The van der Waals surface area contributed by atoms with Crippen LogP contribution in [0.5, 0.6) is 11.6 Å². The molecule has 0 saturated carbocycles. The molecule has 0 aliphatic rings. The smallest absolute Gasteiger partial charge is 0.218 e. The average Bonchev–Trinajstić information content (AvgIpc) is 2.72. The van der Waals surface area contributed by atoms with Gasteiger partial charge in [-0.2, -0.15) is 10.1 Å². The Hall–Kier alpha value is -3.41. The lowest BCUT2D eigenvalue weighted by Gasteiger charge is -2.08. The zero-order valence-corrected chi connectivity index (χ0v) is 14.9. The molecule has 2 aromatic carbocycles. The lowest BCUT2D eigenvalue weighted by molar-refractivity contribution is 0.398. The Kier molecular flexibility index (Phi) is 5.43. The van der Waals surface area contributed by atoms with E-state index in [1.54, 1.807) is 20.3 Å². The second-order valence-electron chi connectivity index (χ2n) is 5.52. The standard InChI is InChI=1S/C20H20N4O2/c1-14(15-9-11-17(25-2)12-10-15)23-24-18-13-19(26-3)22-20(21-18)16-7-5-4-6-8-16/h4-13H,1-3H3,(H,21,22,24)/b23-14+. The van der Waals surface area contributed by atoms with Gasteiger partial charge in [0, 0.05) is 11.6 Å². The number of nitrogens with one attached hydrogen (secondary N) is 1. The molecule has 26 heavy (non-hydrogen) atoms. The third kappa shape index (κ3) is 4.16. The number of anilines is 1. The summed E-state index contributed by atoms with van der Waals surface area (Å²) in [7, 11) is 3.22. The molecule has 0 fully saturated rings. The number of hydrazone groups is 1. The van der Waals surface area contributed by atoms with Crippen molar-refractivity contribution in [2.75, 3.05) is 19.6 Å². The van der Waals surface area contributed by atoms with E-state index in [9.17, 15) is 0 Å². The number of hydrogen-bond acceptors (Lipinski definition) is 6. The molecule has 3 rings (SSSR count). The third-order valence-corrected chi connectivity index (χ3v) is 3.79. The van der Waals surface area contributed by atoms with Crippen molar-refractivity contribution in [3.05, 3.63) is 66.2 Å². The molecule has 0 aliphatic carbocycles. The molecule has 1 heterocycles. The summed E-state index contributed by atoms with van der Waals surface area (Å²) < 4.78 is 10.5. The van der Waals surface area contributed by atoms with Crippen molar-refractivity contribution < 1.29 is 9.47 Å². The fourth-order valence-corrected chi connectivity index (χ4v) is 2.34. The molecule has 0 spiro atoms. The first-order valence-corrected chi connectivity index (χ1v) is 8.13. The van der Waals surface area contributed by atoms with Crippen molar-refractivity contribution in [2.45, 2.75) is 6.92 Å². The van der Waals surface area contributed by atoms with Gasteiger partial charge in [0.1, 0.15) is 5.75 Å². The Morgan fingerprint density at radius 1 is 0.923 bits per heavy atom. The van der Waals surface area contributed by atoms with Crippen LogP contribution in [-0.4, -0.2) is 29.9 Å². The van der Waals surface area contributed by atoms with Crippen LogP contribution in [0.1, 0.15) is 12.5 Å². The van der Waals surface area contributed by atoms with Crippen molar-refractivity contribution in [3.8, 4) is 23.0 Å². The van der Waals surface area contributed by atoms with Crippen LogP contribution < -0.4 is 14.9 Å². The van der Waals surface area contributed by atoms with E-state index >= 15 is 0 Å². The second kappa shape index (κ2) is 8.11. The van der Waals surface area contributed by atoms with Gasteiger partial charge in [0.15, 0.2) is 11.6 Å². The number of hydrogen-bond donors (Lipinski definition) is 1. The maximum absolute atomic E-state index is 5.28. The molecule has 132 valence electrons. The molecule has 0 saturated heterocycles. The first-order chi connectivity index (χ1) is 12.7. The van der Waals surface area contributed by atoms with Crippen LogP contribution in [0, 0.1) is 0 Å². The van der Waals surface area contributed by atoms with Crippen LogP contribution in [0.3, 0.4) is 0 Å². The molecule has 0 radical (unpaired) electrons. The molecule has 1 aromatic heterocycles. The maximum Gasteiger partial charge on any atom is 0.218 e. The number of nitrogens with zero attached hydrogens (tertiary/aromatic N) is 3. The molecular formula is C20H20N4O2. The minimum atomic E-state index is 0.471. The summed E-state index contributed by atoms with van der Waals surface area (Å²) in [6.45, 7) is 1.92. The molecule has 3 aromatic rings. The predicted octanol–water partition coefficient (Wildman–Crippen LogP) is 4.00. The summed E-state index contributed by atoms with van der Waals surface area (Å²) in [4.78, 5) is 8.91. The number of ether oxygens (including phenoxy) is 2. The molecule has 0 aliphatic heterocycles. The van der Waals surface area contributed by atoms with E-state index in [4.69, 9.17) is 9.47 Å². The summed E-state index contributed by atoms with van der Waals surface area (Å²) in [6, 6.07) is 19.1. The number of rotatable bonds is 6. The van der Waals surface area contributed by atoms with Gasteiger partial charge in [0.05, 0.1) is 19.9 Å². The second-order valence-corrected chi connectivity index (χ2v) is 5.52. The first-order valence-electron chi connectivity index (χ1n) is 8.13. The topological polar surface area (TPSA) is 68.6 Å². The minimum Gasteiger partial charge on any atom is -0.497 e. The van der Waals surface area contributed by atoms with Crippen molar-refractivity contribution in [2.24, 2.45) is 5.10 Å². The highest BCUT2D eigenvalue weighted by molar-refractivity contribution is 5.99. The molecule has 6 nitrogen and oxygen atoms in total. The van der Waals surface area contributed by atoms with Gasteiger partial charge in [-0.25, -0.2) is 4.98 Å². The SMILES string of the molecule is COc1ccc(/C(C)=N/Nc2cc(OC)nc(-c3ccccc3)n2)cc1. The zero-order valence-electron chi connectivity index (χ0n) is 14.9. The Labute approximate surface area is 152 Å². The predicted molar refractivity (Wildman–Crippen MR) is 103 cm³/mol. The highest BCUT2D eigenvalue weighted by atomic mass is 16.5. The normalized spacial score (nSPS) is 11.1. The highest BCUT2D eigenvalue weighted by Gasteiger charge is 2.07. The summed E-state index contributed by atoms with van der Waals surface area (Å²) in [5, 5.41) is 4.41. The minimum absolute atomic E-state index is 0.471. The van der Waals surface area contributed by atoms with Gasteiger partial charge in [-0.1, -0.05) is 30.3 Å². The third-order valence-electron chi connectivity index (χ3n) is 3.79. The number of methoxy groups -OCH3 is 2. The summed E-state index contributed by atoms with van der Waals surface area (Å²) in [5.41, 5.74) is 5.70. The van der Waals surface area contributed by atoms with Crippen LogP contribution in [0.15, 0.2) is 65.8 Å². The molecule has 0 atom stereocenters. The molecule has 6 heteroatoms. The average molecular weight is 348 g/mol. The number of aromatic nitrogens is 2. The summed E-state index contributed by atoms with van der Waals surface area (Å²) in [5.74, 6) is 2.41. The maximum atomic E-state index is 5.28.